The molecule has 5 rings (SSSR count). The van der Waals surface area contributed by atoms with Crippen molar-refractivity contribution in [1.29, 1.82) is 0 Å². The third-order valence-corrected chi connectivity index (χ3v) is 6.21. The third-order valence-electron chi connectivity index (χ3n) is 6.21. The fourth-order valence-electron chi connectivity index (χ4n) is 4.65. The van der Waals surface area contributed by atoms with Gasteiger partial charge in [-0.15, -0.1) is 0 Å². The molecule has 2 aliphatic rings. The van der Waals surface area contributed by atoms with Crippen LogP contribution in [0.1, 0.15) is 41.1 Å². The van der Waals surface area contributed by atoms with E-state index in [1.165, 1.54) is 34.2 Å². The zero-order valence-corrected chi connectivity index (χ0v) is 16.9. The number of aromatic nitrogens is 2. The van der Waals surface area contributed by atoms with Gasteiger partial charge in [0.05, 0.1) is 0 Å². The first-order valence-corrected chi connectivity index (χ1v) is 10.2. The van der Waals surface area contributed by atoms with Crippen molar-refractivity contribution in [3.63, 3.8) is 0 Å². The molecule has 0 aliphatic carbocycles. The lowest BCUT2D eigenvalue weighted by Gasteiger charge is -2.18. The molecule has 6 nitrogen and oxygen atoms in total. The number of carbonyl (C=O) groups is 1. The van der Waals surface area contributed by atoms with Crippen molar-refractivity contribution in [2.45, 2.75) is 38.9 Å². The summed E-state index contributed by atoms with van der Waals surface area (Å²) in [6.45, 7) is 4.58. The number of nitrogens with zero attached hydrogens (tertiary/aromatic N) is 2. The Morgan fingerprint density at radius 1 is 1.28 bits per heavy atom. The van der Waals surface area contributed by atoms with Crippen molar-refractivity contribution in [2.24, 2.45) is 0 Å². The molecule has 2 aliphatic heterocycles. The fraction of sp³-hybridized carbons (Fsp3) is 0.391. The average molecular weight is 390 g/mol. The van der Waals surface area contributed by atoms with E-state index in [4.69, 9.17) is 4.74 Å². The van der Waals surface area contributed by atoms with Crippen LogP contribution >= 0.6 is 0 Å². The molecule has 2 aromatic heterocycles. The Balaban J connectivity index is 1.58. The van der Waals surface area contributed by atoms with Crippen LogP contribution in [0.2, 0.25) is 0 Å². The van der Waals surface area contributed by atoms with Crippen LogP contribution in [0, 0.1) is 6.92 Å². The van der Waals surface area contributed by atoms with Gasteiger partial charge in [0.1, 0.15) is 12.3 Å². The molecule has 29 heavy (non-hydrogen) atoms. The number of pyridine rings is 1. The predicted octanol–water partition coefficient (Wildman–Crippen LogP) is 3.45. The summed E-state index contributed by atoms with van der Waals surface area (Å²) >= 11 is 0. The molecule has 0 saturated carbocycles. The first-order valence-electron chi connectivity index (χ1n) is 10.2. The quantitative estimate of drug-likeness (QED) is 0.716. The molecule has 1 saturated heterocycles. The van der Waals surface area contributed by atoms with Crippen LogP contribution in [0.4, 0.5) is 0 Å². The number of hydrogen-bond donors (Lipinski definition) is 2. The highest BCUT2D eigenvalue weighted by Crippen LogP contribution is 2.37. The molecule has 4 heterocycles. The number of rotatable bonds is 4. The maximum atomic E-state index is 12.4. The highest BCUT2D eigenvalue weighted by atomic mass is 16.5. The van der Waals surface area contributed by atoms with E-state index in [-0.39, 0.29) is 12.5 Å². The molecule has 0 spiro atoms. The number of fused-ring (bicyclic) bond motifs is 2. The molecule has 6 heteroatoms. The first kappa shape index (κ1) is 18.3. The summed E-state index contributed by atoms with van der Waals surface area (Å²) in [5, 5.41) is 4.79. The summed E-state index contributed by atoms with van der Waals surface area (Å²) in [5.41, 5.74) is 8.26. The number of aryl methyl sites for hydroxylation is 1. The van der Waals surface area contributed by atoms with Crippen LogP contribution in [0.3, 0.4) is 0 Å². The number of carbonyl (C=O) groups excluding carboxylic acids is 1. The van der Waals surface area contributed by atoms with Crippen molar-refractivity contribution < 1.29 is 9.53 Å². The van der Waals surface area contributed by atoms with Crippen molar-refractivity contribution in [1.82, 2.24) is 20.2 Å². The van der Waals surface area contributed by atoms with Crippen LogP contribution in [0.5, 0.6) is 0 Å². The molecule has 1 atom stereocenters. The van der Waals surface area contributed by atoms with Gasteiger partial charge >= 0.3 is 0 Å². The molecule has 3 aromatic rings. The summed E-state index contributed by atoms with van der Waals surface area (Å²) in [6.07, 6.45) is 6.26. The Labute approximate surface area is 170 Å². The van der Waals surface area contributed by atoms with Crippen molar-refractivity contribution >= 4 is 16.9 Å². The molecule has 0 bridgehead atoms. The highest BCUT2D eigenvalue weighted by molar-refractivity contribution is 5.85. The molecular formula is C23H26N4O2. The zero-order chi connectivity index (χ0) is 20.0. The van der Waals surface area contributed by atoms with Crippen molar-refractivity contribution in [2.75, 3.05) is 20.3 Å². The second kappa shape index (κ2) is 7.28. The van der Waals surface area contributed by atoms with Gasteiger partial charge in [0.2, 0.25) is 5.91 Å². The van der Waals surface area contributed by atoms with E-state index < -0.39 is 0 Å². The Morgan fingerprint density at radius 2 is 2.17 bits per heavy atom. The van der Waals surface area contributed by atoms with Gasteiger partial charge in [-0.1, -0.05) is 0 Å². The van der Waals surface area contributed by atoms with Crippen molar-refractivity contribution in [3.05, 3.63) is 52.8 Å². The van der Waals surface area contributed by atoms with Crippen LogP contribution in [0.15, 0.2) is 30.6 Å². The number of ether oxygens (including phenoxy) is 1. The monoisotopic (exact) mass is 390 g/mol. The maximum Gasteiger partial charge on any atom is 0.249 e. The van der Waals surface area contributed by atoms with Crippen LogP contribution < -0.4 is 5.32 Å². The van der Waals surface area contributed by atoms with Gasteiger partial charge in [0, 0.05) is 49.6 Å². The lowest BCUT2D eigenvalue weighted by Crippen LogP contribution is -2.28. The van der Waals surface area contributed by atoms with E-state index >= 15 is 0 Å². The van der Waals surface area contributed by atoms with Gasteiger partial charge in [0.15, 0.2) is 0 Å². The SMILES string of the molecule is COCC(=O)N1Cc2cc(-c3cnc4[nH]cc(C)c4c3)cc(C3CCCN3)c2C1. The smallest absolute Gasteiger partial charge is 0.249 e. The standard InChI is InChI=1S/C23H26N4O2/c1-14-9-25-23-18(14)8-16(10-26-23)15-6-17-11-27(22(28)13-29-2)12-20(17)19(7-15)21-4-3-5-24-21/h6-10,21,24H,3-5,11-13H2,1-2H3,(H,25,26). The molecule has 2 N–H and O–H groups in total. The number of aromatic amines is 1. The molecule has 1 amide bonds. The van der Waals surface area contributed by atoms with Gasteiger partial charge < -0.3 is 19.9 Å². The second-order valence-corrected chi connectivity index (χ2v) is 8.13. The van der Waals surface area contributed by atoms with Crippen molar-refractivity contribution in [3.8, 4) is 11.1 Å². The summed E-state index contributed by atoms with van der Waals surface area (Å²) in [4.78, 5) is 22.2. The summed E-state index contributed by atoms with van der Waals surface area (Å²) < 4.78 is 5.07. The van der Waals surface area contributed by atoms with E-state index in [1.54, 1.807) is 7.11 Å². The lowest BCUT2D eigenvalue weighted by molar-refractivity contribution is -0.135. The summed E-state index contributed by atoms with van der Waals surface area (Å²) in [5.74, 6) is 0.0432. The van der Waals surface area contributed by atoms with Gasteiger partial charge in [-0.3, -0.25) is 4.79 Å². The Kier molecular flexibility index (Phi) is 4.60. The molecule has 1 fully saturated rings. The fourth-order valence-corrected chi connectivity index (χ4v) is 4.65. The third kappa shape index (κ3) is 3.22. The van der Waals surface area contributed by atoms with E-state index in [0.29, 0.717) is 19.1 Å². The molecular weight excluding hydrogens is 364 g/mol. The second-order valence-electron chi connectivity index (χ2n) is 8.13. The largest absolute Gasteiger partial charge is 0.375 e. The van der Waals surface area contributed by atoms with E-state index in [9.17, 15) is 4.79 Å². The van der Waals surface area contributed by atoms with Gasteiger partial charge in [0.25, 0.3) is 0 Å². The number of H-pyrrole nitrogens is 1. The normalized spacial score (nSPS) is 18.6. The molecule has 1 unspecified atom stereocenters. The minimum Gasteiger partial charge on any atom is -0.375 e. The topological polar surface area (TPSA) is 70.2 Å². The molecule has 0 radical (unpaired) electrons. The van der Waals surface area contributed by atoms with Gasteiger partial charge in [-0.25, -0.2) is 4.98 Å². The Hall–Kier alpha value is -2.70. The summed E-state index contributed by atoms with van der Waals surface area (Å²) in [7, 11) is 1.57. The Morgan fingerprint density at radius 3 is 2.97 bits per heavy atom. The number of benzene rings is 1. The number of methoxy groups -OCH3 is 1. The number of hydrogen-bond acceptors (Lipinski definition) is 4. The zero-order valence-electron chi connectivity index (χ0n) is 16.9. The van der Waals surface area contributed by atoms with E-state index in [0.717, 1.165) is 29.6 Å². The van der Waals surface area contributed by atoms with Gasteiger partial charge in [-0.2, -0.15) is 0 Å². The number of amides is 1. The average Bonchev–Trinajstić information content (AvgIpc) is 3.47. The van der Waals surface area contributed by atoms with Crippen LogP contribution in [0.25, 0.3) is 22.2 Å². The van der Waals surface area contributed by atoms with Gasteiger partial charge in [-0.05, 0) is 72.3 Å². The lowest BCUT2D eigenvalue weighted by atomic mass is 9.91. The van der Waals surface area contributed by atoms with Crippen LogP contribution in [-0.4, -0.2) is 41.0 Å². The minimum atomic E-state index is 0.0432. The summed E-state index contributed by atoms with van der Waals surface area (Å²) in [6, 6.07) is 7.10. The van der Waals surface area contributed by atoms with Crippen LogP contribution in [-0.2, 0) is 22.6 Å². The number of nitrogens with one attached hydrogen (secondary N) is 2. The van der Waals surface area contributed by atoms with E-state index in [1.807, 2.05) is 17.3 Å². The predicted molar refractivity (Wildman–Crippen MR) is 112 cm³/mol. The highest BCUT2D eigenvalue weighted by Gasteiger charge is 2.29. The van der Waals surface area contributed by atoms with E-state index in [2.05, 4.69) is 40.4 Å². The molecule has 150 valence electrons. The first-order chi connectivity index (χ1) is 14.1. The molecule has 1 aromatic carbocycles. The minimum absolute atomic E-state index is 0.0432. The Bertz CT molecular complexity index is 1080. The maximum absolute atomic E-state index is 12.4.